The van der Waals surface area contributed by atoms with Gasteiger partial charge in [0.25, 0.3) is 0 Å². The number of anilines is 1. The number of carbonyl (C=O) groups excluding carboxylic acids is 2. The van der Waals surface area contributed by atoms with E-state index >= 15 is 0 Å². The van der Waals surface area contributed by atoms with E-state index in [2.05, 4.69) is 5.32 Å². The number of benzene rings is 1. The van der Waals surface area contributed by atoms with Gasteiger partial charge >= 0.3 is 0 Å². The summed E-state index contributed by atoms with van der Waals surface area (Å²) < 4.78 is 22.6. The highest BCUT2D eigenvalue weighted by atomic mass is 35.5. The standard InChI is InChI=1S/C12H12ClNO4S/c1-19(17,18)9-4-2-8(3-5-9)14-11(16)12(6-7-12)10(13)15/h2-5H,6-7H2,1H3,(H,14,16). The second-order valence-electron chi connectivity index (χ2n) is 4.61. The van der Waals surface area contributed by atoms with Gasteiger partial charge in [-0.3, -0.25) is 9.59 Å². The highest BCUT2D eigenvalue weighted by molar-refractivity contribution is 7.90. The zero-order valence-corrected chi connectivity index (χ0v) is 11.7. The average molecular weight is 302 g/mol. The average Bonchev–Trinajstić information content (AvgIpc) is 3.09. The number of rotatable bonds is 4. The molecule has 7 heteroatoms. The van der Waals surface area contributed by atoms with Crippen LogP contribution in [0.3, 0.4) is 0 Å². The summed E-state index contributed by atoms with van der Waals surface area (Å²) in [4.78, 5) is 23.2. The van der Waals surface area contributed by atoms with Crippen LogP contribution in [0.1, 0.15) is 12.8 Å². The Morgan fingerprint density at radius 1 is 1.21 bits per heavy atom. The van der Waals surface area contributed by atoms with Crippen molar-refractivity contribution in [3.8, 4) is 0 Å². The molecule has 5 nitrogen and oxygen atoms in total. The third-order valence-corrected chi connectivity index (χ3v) is 4.59. The number of carbonyl (C=O) groups is 2. The summed E-state index contributed by atoms with van der Waals surface area (Å²) >= 11 is 5.40. The number of sulfone groups is 1. The summed E-state index contributed by atoms with van der Waals surface area (Å²) in [5.41, 5.74) is -0.668. The van der Waals surface area contributed by atoms with Crippen molar-refractivity contribution in [1.82, 2.24) is 0 Å². The molecule has 0 saturated heterocycles. The van der Waals surface area contributed by atoms with E-state index in [9.17, 15) is 18.0 Å². The molecule has 2 rings (SSSR count). The Morgan fingerprint density at radius 3 is 2.11 bits per heavy atom. The first-order valence-electron chi connectivity index (χ1n) is 5.57. The van der Waals surface area contributed by atoms with Gasteiger partial charge in [-0.1, -0.05) is 0 Å². The highest BCUT2D eigenvalue weighted by Crippen LogP contribution is 2.48. The molecule has 1 aromatic carbocycles. The minimum Gasteiger partial charge on any atom is -0.325 e. The quantitative estimate of drug-likeness (QED) is 0.676. The molecule has 0 atom stereocenters. The minimum atomic E-state index is -3.27. The maximum absolute atomic E-state index is 11.9. The molecule has 1 fully saturated rings. The Bertz CT molecular complexity index is 632. The van der Waals surface area contributed by atoms with Crippen molar-refractivity contribution in [2.75, 3.05) is 11.6 Å². The number of hydrogen-bond acceptors (Lipinski definition) is 4. The lowest BCUT2D eigenvalue weighted by Gasteiger charge is -2.11. The Hall–Kier alpha value is -1.40. The van der Waals surface area contributed by atoms with Gasteiger partial charge in [-0.2, -0.15) is 0 Å². The third kappa shape index (κ3) is 2.79. The smallest absolute Gasteiger partial charge is 0.239 e. The number of hydrogen-bond donors (Lipinski definition) is 1. The van der Waals surface area contributed by atoms with Gasteiger partial charge in [0.2, 0.25) is 11.1 Å². The molecule has 0 aliphatic heterocycles. The van der Waals surface area contributed by atoms with E-state index in [0.29, 0.717) is 18.5 Å². The molecular weight excluding hydrogens is 290 g/mol. The van der Waals surface area contributed by atoms with Gasteiger partial charge in [-0.15, -0.1) is 0 Å². The van der Waals surface area contributed by atoms with Gasteiger partial charge in [0.1, 0.15) is 5.41 Å². The zero-order chi connectivity index (χ0) is 14.3. The number of halogens is 1. The molecule has 0 radical (unpaired) electrons. The molecule has 1 saturated carbocycles. The van der Waals surface area contributed by atoms with Crippen LogP contribution in [-0.4, -0.2) is 25.8 Å². The Kier molecular flexibility index (Phi) is 3.40. The first kappa shape index (κ1) is 14.0. The van der Waals surface area contributed by atoms with Crippen LogP contribution in [0.2, 0.25) is 0 Å². The zero-order valence-electron chi connectivity index (χ0n) is 10.1. The van der Waals surface area contributed by atoms with Crippen LogP contribution in [0, 0.1) is 5.41 Å². The van der Waals surface area contributed by atoms with Gasteiger partial charge in [0.05, 0.1) is 4.90 Å². The molecule has 102 valence electrons. The fourth-order valence-electron chi connectivity index (χ4n) is 1.67. The molecule has 1 N–H and O–H groups in total. The summed E-state index contributed by atoms with van der Waals surface area (Å²) in [6.45, 7) is 0. The first-order chi connectivity index (χ1) is 8.75. The molecular formula is C12H12ClNO4S. The molecule has 0 bridgehead atoms. The molecule has 0 unspecified atom stereocenters. The second kappa shape index (κ2) is 4.61. The van der Waals surface area contributed by atoms with E-state index in [1.54, 1.807) is 0 Å². The molecule has 0 aromatic heterocycles. The Morgan fingerprint density at radius 2 is 1.74 bits per heavy atom. The van der Waals surface area contributed by atoms with E-state index < -0.39 is 26.4 Å². The number of amides is 1. The summed E-state index contributed by atoms with van der Waals surface area (Å²) in [5, 5.41) is 1.91. The van der Waals surface area contributed by atoms with Crippen molar-refractivity contribution in [3.63, 3.8) is 0 Å². The summed E-state index contributed by atoms with van der Waals surface area (Å²) in [6, 6.07) is 5.74. The maximum Gasteiger partial charge on any atom is 0.239 e. The van der Waals surface area contributed by atoms with E-state index in [1.807, 2.05) is 0 Å². The van der Waals surface area contributed by atoms with E-state index in [0.717, 1.165) is 6.26 Å². The van der Waals surface area contributed by atoms with Crippen molar-refractivity contribution in [1.29, 1.82) is 0 Å². The maximum atomic E-state index is 11.9. The highest BCUT2D eigenvalue weighted by Gasteiger charge is 2.55. The fourth-order valence-corrected chi connectivity index (χ4v) is 2.58. The summed E-state index contributed by atoms with van der Waals surface area (Å²) in [5.74, 6) is -0.445. The lowest BCUT2D eigenvalue weighted by atomic mass is 10.1. The molecule has 0 heterocycles. The van der Waals surface area contributed by atoms with Crippen LogP contribution in [0.4, 0.5) is 5.69 Å². The lowest BCUT2D eigenvalue weighted by molar-refractivity contribution is -0.128. The number of nitrogens with one attached hydrogen (secondary N) is 1. The van der Waals surface area contributed by atoms with Crippen molar-refractivity contribution in [2.45, 2.75) is 17.7 Å². The topological polar surface area (TPSA) is 80.3 Å². The Labute approximate surface area is 115 Å². The van der Waals surface area contributed by atoms with Gasteiger partial charge in [0, 0.05) is 11.9 Å². The van der Waals surface area contributed by atoms with Crippen molar-refractivity contribution in [3.05, 3.63) is 24.3 Å². The van der Waals surface area contributed by atoms with E-state index in [4.69, 9.17) is 11.6 Å². The van der Waals surface area contributed by atoms with Gasteiger partial charge in [-0.25, -0.2) is 8.42 Å². The molecule has 1 aromatic rings. The predicted octanol–water partition coefficient (Wildman–Crippen LogP) is 1.57. The van der Waals surface area contributed by atoms with Crippen LogP contribution < -0.4 is 5.32 Å². The third-order valence-electron chi connectivity index (χ3n) is 3.10. The molecule has 0 spiro atoms. The largest absolute Gasteiger partial charge is 0.325 e. The van der Waals surface area contributed by atoms with Crippen molar-refractivity contribution >= 4 is 38.3 Å². The van der Waals surface area contributed by atoms with Gasteiger partial charge in [0.15, 0.2) is 9.84 Å². The molecule has 19 heavy (non-hydrogen) atoms. The van der Waals surface area contributed by atoms with Gasteiger partial charge in [-0.05, 0) is 48.7 Å². The first-order valence-corrected chi connectivity index (χ1v) is 7.84. The van der Waals surface area contributed by atoms with Crippen LogP contribution in [0.15, 0.2) is 29.2 Å². The summed E-state index contributed by atoms with van der Waals surface area (Å²) in [7, 11) is -3.27. The lowest BCUT2D eigenvalue weighted by Crippen LogP contribution is -2.28. The van der Waals surface area contributed by atoms with Gasteiger partial charge < -0.3 is 5.32 Å². The van der Waals surface area contributed by atoms with Crippen LogP contribution in [-0.2, 0) is 19.4 Å². The minimum absolute atomic E-state index is 0.167. The van der Waals surface area contributed by atoms with Crippen LogP contribution in [0.5, 0.6) is 0 Å². The van der Waals surface area contributed by atoms with Crippen LogP contribution in [0.25, 0.3) is 0 Å². The fraction of sp³-hybridized carbons (Fsp3) is 0.333. The Balaban J connectivity index is 2.13. The van der Waals surface area contributed by atoms with Crippen molar-refractivity contribution in [2.24, 2.45) is 5.41 Å². The SMILES string of the molecule is CS(=O)(=O)c1ccc(NC(=O)C2(C(=O)Cl)CC2)cc1. The van der Waals surface area contributed by atoms with Crippen molar-refractivity contribution < 1.29 is 18.0 Å². The molecule has 1 aliphatic carbocycles. The van der Waals surface area contributed by atoms with E-state index in [-0.39, 0.29) is 4.90 Å². The molecule has 1 aliphatic rings. The second-order valence-corrected chi connectivity index (χ2v) is 6.97. The summed E-state index contributed by atoms with van der Waals surface area (Å²) in [6.07, 6.45) is 2.00. The van der Waals surface area contributed by atoms with Crippen LogP contribution >= 0.6 is 11.6 Å². The monoisotopic (exact) mass is 301 g/mol. The van der Waals surface area contributed by atoms with E-state index in [1.165, 1.54) is 24.3 Å². The normalized spacial score (nSPS) is 16.7. The predicted molar refractivity (Wildman–Crippen MR) is 70.7 cm³/mol. The molecule has 1 amide bonds.